The Morgan fingerprint density at radius 2 is 2.17 bits per heavy atom. The van der Waals surface area contributed by atoms with Crippen molar-refractivity contribution in [3.63, 3.8) is 0 Å². The topological polar surface area (TPSA) is 35.6 Å². The van der Waals surface area contributed by atoms with E-state index in [0.29, 0.717) is 0 Å². The molecule has 1 unspecified atom stereocenters. The summed E-state index contributed by atoms with van der Waals surface area (Å²) in [6.45, 7) is 8.30. The first-order valence-electron chi connectivity index (χ1n) is 7.09. The van der Waals surface area contributed by atoms with E-state index in [1.807, 2.05) is 7.05 Å². The van der Waals surface area contributed by atoms with E-state index in [1.165, 1.54) is 0 Å². The molecule has 1 atom stereocenters. The molecule has 1 N–H and O–H groups in total. The number of nitrogens with one attached hydrogen (secondary N) is 1. The highest BCUT2D eigenvalue weighted by Gasteiger charge is 2.37. The number of rotatable bonds is 5. The number of amides is 1. The molecule has 18 heavy (non-hydrogen) atoms. The lowest BCUT2D eigenvalue weighted by Gasteiger charge is -2.40. The Hall–Kier alpha value is -0.610. The minimum Gasteiger partial charge on any atom is -0.323 e. The predicted octanol–water partition coefficient (Wildman–Crippen LogP) is 1.66. The van der Waals surface area contributed by atoms with Gasteiger partial charge in [0, 0.05) is 5.54 Å². The average Bonchev–Trinajstić information content (AvgIpc) is 2.40. The van der Waals surface area contributed by atoms with E-state index < -0.39 is 0 Å². The van der Waals surface area contributed by atoms with E-state index in [0.717, 1.165) is 38.9 Å². The van der Waals surface area contributed by atoms with Crippen LogP contribution in [0.1, 0.15) is 46.5 Å². The SMILES string of the molecule is CCCN(C)CN1C(=O)C(NC)CCCC1(C)C. The Balaban J connectivity index is 2.81. The van der Waals surface area contributed by atoms with Crippen LogP contribution in [0.3, 0.4) is 0 Å². The number of hydrogen-bond acceptors (Lipinski definition) is 3. The molecule has 0 aromatic rings. The molecule has 0 aromatic heterocycles. The molecule has 0 spiro atoms. The van der Waals surface area contributed by atoms with Crippen LogP contribution in [-0.2, 0) is 4.79 Å². The molecule has 106 valence electrons. The van der Waals surface area contributed by atoms with Gasteiger partial charge < -0.3 is 10.2 Å². The van der Waals surface area contributed by atoms with E-state index in [-0.39, 0.29) is 17.5 Å². The lowest BCUT2D eigenvalue weighted by Crippen LogP contribution is -2.55. The van der Waals surface area contributed by atoms with Gasteiger partial charge in [-0.1, -0.05) is 6.92 Å². The molecule has 1 aliphatic rings. The third-order valence-electron chi connectivity index (χ3n) is 3.91. The number of nitrogens with zero attached hydrogens (tertiary/aromatic N) is 2. The van der Waals surface area contributed by atoms with Gasteiger partial charge in [-0.05, 0) is 60.2 Å². The summed E-state index contributed by atoms with van der Waals surface area (Å²) in [6, 6.07) is -0.0122. The van der Waals surface area contributed by atoms with Crippen molar-refractivity contribution in [2.45, 2.75) is 58.0 Å². The molecule has 0 bridgehead atoms. The fourth-order valence-electron chi connectivity index (χ4n) is 2.71. The van der Waals surface area contributed by atoms with Crippen molar-refractivity contribution in [1.82, 2.24) is 15.1 Å². The molecular formula is C14H29N3O. The zero-order valence-electron chi connectivity index (χ0n) is 12.6. The minimum absolute atomic E-state index is 0.0122. The monoisotopic (exact) mass is 255 g/mol. The van der Waals surface area contributed by atoms with Crippen LogP contribution in [0.2, 0.25) is 0 Å². The molecule has 4 nitrogen and oxygen atoms in total. The van der Waals surface area contributed by atoms with Gasteiger partial charge in [-0.25, -0.2) is 0 Å². The lowest BCUT2D eigenvalue weighted by atomic mass is 9.97. The van der Waals surface area contributed by atoms with Crippen molar-refractivity contribution in [3.05, 3.63) is 0 Å². The van der Waals surface area contributed by atoms with Gasteiger partial charge in [0.2, 0.25) is 5.91 Å². The highest BCUT2D eigenvalue weighted by atomic mass is 16.2. The highest BCUT2D eigenvalue weighted by molar-refractivity contribution is 5.82. The highest BCUT2D eigenvalue weighted by Crippen LogP contribution is 2.27. The van der Waals surface area contributed by atoms with Gasteiger partial charge in [0.25, 0.3) is 0 Å². The quantitative estimate of drug-likeness (QED) is 0.811. The standard InChI is InChI=1S/C14H29N3O/c1-6-10-16(5)11-17-13(18)12(15-4)8-7-9-14(17,2)3/h12,15H,6-11H2,1-5H3. The Labute approximate surface area is 112 Å². The fraction of sp³-hybridized carbons (Fsp3) is 0.929. The molecule has 0 aliphatic carbocycles. The summed E-state index contributed by atoms with van der Waals surface area (Å²) in [7, 11) is 3.97. The second-order valence-corrected chi connectivity index (χ2v) is 6.03. The van der Waals surface area contributed by atoms with Crippen LogP contribution < -0.4 is 5.32 Å². The third kappa shape index (κ3) is 3.69. The van der Waals surface area contributed by atoms with Crippen molar-refractivity contribution in [2.24, 2.45) is 0 Å². The number of hydrogen-bond donors (Lipinski definition) is 1. The zero-order chi connectivity index (χ0) is 13.8. The molecular weight excluding hydrogens is 226 g/mol. The Morgan fingerprint density at radius 3 is 2.72 bits per heavy atom. The van der Waals surface area contributed by atoms with Crippen LogP contribution in [0, 0.1) is 0 Å². The van der Waals surface area contributed by atoms with Crippen LogP contribution >= 0.6 is 0 Å². The van der Waals surface area contributed by atoms with E-state index in [9.17, 15) is 4.79 Å². The van der Waals surface area contributed by atoms with Crippen molar-refractivity contribution in [2.75, 3.05) is 27.3 Å². The number of carbonyl (C=O) groups excluding carboxylic acids is 1. The van der Waals surface area contributed by atoms with Crippen molar-refractivity contribution < 1.29 is 4.79 Å². The maximum Gasteiger partial charge on any atom is 0.241 e. The summed E-state index contributed by atoms with van der Waals surface area (Å²) in [5, 5.41) is 3.16. The smallest absolute Gasteiger partial charge is 0.241 e. The van der Waals surface area contributed by atoms with Gasteiger partial charge in [-0.3, -0.25) is 9.69 Å². The molecule has 1 rings (SSSR count). The van der Waals surface area contributed by atoms with Gasteiger partial charge >= 0.3 is 0 Å². The number of likely N-dealkylation sites (N-methyl/N-ethyl adjacent to an activating group) is 1. The Morgan fingerprint density at radius 1 is 1.50 bits per heavy atom. The number of carbonyl (C=O) groups is 1. The largest absolute Gasteiger partial charge is 0.323 e. The third-order valence-corrected chi connectivity index (χ3v) is 3.91. The van der Waals surface area contributed by atoms with E-state index in [4.69, 9.17) is 0 Å². The summed E-state index contributed by atoms with van der Waals surface area (Å²) in [5.41, 5.74) is -0.0370. The number of likely N-dealkylation sites (tertiary alicyclic amines) is 1. The average molecular weight is 255 g/mol. The normalized spacial score (nSPS) is 24.4. The molecule has 1 amide bonds. The van der Waals surface area contributed by atoms with E-state index in [1.54, 1.807) is 0 Å². The lowest BCUT2D eigenvalue weighted by molar-refractivity contribution is -0.140. The zero-order valence-corrected chi connectivity index (χ0v) is 12.6. The van der Waals surface area contributed by atoms with Crippen LogP contribution in [-0.4, -0.2) is 54.6 Å². The summed E-state index contributed by atoms with van der Waals surface area (Å²) in [5.74, 6) is 0.253. The van der Waals surface area contributed by atoms with Gasteiger partial charge in [0.15, 0.2) is 0 Å². The predicted molar refractivity (Wildman–Crippen MR) is 75.4 cm³/mol. The van der Waals surface area contributed by atoms with Crippen LogP contribution in [0.4, 0.5) is 0 Å². The summed E-state index contributed by atoms with van der Waals surface area (Å²) >= 11 is 0. The minimum atomic E-state index is -0.0370. The molecule has 1 heterocycles. The second-order valence-electron chi connectivity index (χ2n) is 6.03. The van der Waals surface area contributed by atoms with Gasteiger partial charge in [-0.2, -0.15) is 0 Å². The van der Waals surface area contributed by atoms with Crippen LogP contribution in [0.5, 0.6) is 0 Å². The van der Waals surface area contributed by atoms with Gasteiger partial charge in [0.1, 0.15) is 0 Å². The molecule has 0 saturated carbocycles. The molecule has 1 fully saturated rings. The van der Waals surface area contributed by atoms with Crippen molar-refractivity contribution in [3.8, 4) is 0 Å². The van der Waals surface area contributed by atoms with E-state index >= 15 is 0 Å². The first-order valence-corrected chi connectivity index (χ1v) is 7.09. The van der Waals surface area contributed by atoms with Crippen molar-refractivity contribution in [1.29, 1.82) is 0 Å². The molecule has 1 saturated heterocycles. The molecule has 0 radical (unpaired) electrons. The van der Waals surface area contributed by atoms with Crippen LogP contribution in [0.25, 0.3) is 0 Å². The maximum absolute atomic E-state index is 12.6. The summed E-state index contributed by atoms with van der Waals surface area (Å²) in [4.78, 5) is 16.9. The van der Waals surface area contributed by atoms with Gasteiger partial charge in [-0.15, -0.1) is 0 Å². The second kappa shape index (κ2) is 6.53. The maximum atomic E-state index is 12.6. The van der Waals surface area contributed by atoms with Crippen molar-refractivity contribution >= 4 is 5.91 Å². The fourth-order valence-corrected chi connectivity index (χ4v) is 2.71. The van der Waals surface area contributed by atoms with Crippen LogP contribution in [0.15, 0.2) is 0 Å². The summed E-state index contributed by atoms with van der Waals surface area (Å²) < 4.78 is 0. The Kier molecular flexibility index (Phi) is 5.60. The van der Waals surface area contributed by atoms with E-state index in [2.05, 4.69) is 42.9 Å². The Bertz CT molecular complexity index is 278. The molecule has 4 heteroatoms. The first kappa shape index (κ1) is 15.4. The first-order chi connectivity index (χ1) is 8.42. The molecule has 1 aliphatic heterocycles. The van der Waals surface area contributed by atoms with Gasteiger partial charge in [0.05, 0.1) is 12.7 Å². The summed E-state index contributed by atoms with van der Waals surface area (Å²) in [6.07, 6.45) is 4.26. The molecule has 0 aromatic carbocycles.